The summed E-state index contributed by atoms with van der Waals surface area (Å²) in [6, 6.07) is 4.39. The molecule has 1 atom stereocenters. The Morgan fingerprint density at radius 1 is 1.17 bits per heavy atom. The molecule has 1 fully saturated rings. The highest BCUT2D eigenvalue weighted by Gasteiger charge is 2.26. The standard InChI is InChI=1S/C16H21N5O2/c1-11-10-12(2)20(17-11)14-6-7-15(22)21(18-14)13(3)16(23)19-8-4-5-9-19/h6-7,10,13H,4-5,8-9H2,1-3H3. The van der Waals surface area contributed by atoms with Crippen LogP contribution < -0.4 is 5.56 Å². The Morgan fingerprint density at radius 2 is 1.87 bits per heavy atom. The molecule has 122 valence electrons. The van der Waals surface area contributed by atoms with Gasteiger partial charge in [0.15, 0.2) is 5.82 Å². The summed E-state index contributed by atoms with van der Waals surface area (Å²) in [5.41, 5.74) is 1.53. The number of carbonyl (C=O) groups is 1. The van der Waals surface area contributed by atoms with Gasteiger partial charge in [0.1, 0.15) is 6.04 Å². The molecule has 1 aliphatic rings. The van der Waals surface area contributed by atoms with Gasteiger partial charge in [-0.25, -0.2) is 9.36 Å². The first kappa shape index (κ1) is 15.5. The largest absolute Gasteiger partial charge is 0.341 e. The van der Waals surface area contributed by atoms with Crippen molar-refractivity contribution >= 4 is 5.91 Å². The number of aryl methyl sites for hydroxylation is 2. The number of nitrogens with zero attached hydrogens (tertiary/aromatic N) is 5. The van der Waals surface area contributed by atoms with Gasteiger partial charge in [0.05, 0.1) is 5.69 Å². The van der Waals surface area contributed by atoms with Gasteiger partial charge in [0, 0.05) is 24.8 Å². The first-order valence-corrected chi connectivity index (χ1v) is 7.89. The molecule has 0 bridgehead atoms. The maximum absolute atomic E-state index is 12.5. The van der Waals surface area contributed by atoms with Crippen molar-refractivity contribution in [1.29, 1.82) is 0 Å². The van der Waals surface area contributed by atoms with Crippen LogP contribution >= 0.6 is 0 Å². The van der Waals surface area contributed by atoms with Crippen LogP contribution in [-0.4, -0.2) is 43.5 Å². The minimum atomic E-state index is -0.613. The van der Waals surface area contributed by atoms with E-state index in [1.165, 1.54) is 10.7 Å². The highest BCUT2D eigenvalue weighted by Crippen LogP contribution is 2.15. The minimum Gasteiger partial charge on any atom is -0.341 e. The predicted octanol–water partition coefficient (Wildman–Crippen LogP) is 1.23. The summed E-state index contributed by atoms with van der Waals surface area (Å²) in [6.45, 7) is 7.07. The van der Waals surface area contributed by atoms with Gasteiger partial charge < -0.3 is 4.90 Å². The van der Waals surface area contributed by atoms with Crippen molar-refractivity contribution in [3.8, 4) is 5.82 Å². The SMILES string of the molecule is Cc1cc(C)n(-c2ccc(=O)n(C(C)C(=O)N3CCCC3)n2)n1. The molecule has 0 radical (unpaired) electrons. The molecule has 0 saturated carbocycles. The first-order chi connectivity index (χ1) is 11.0. The molecule has 3 heterocycles. The predicted molar refractivity (Wildman–Crippen MR) is 85.6 cm³/mol. The molecule has 7 heteroatoms. The van der Waals surface area contributed by atoms with E-state index in [1.54, 1.807) is 22.6 Å². The van der Waals surface area contributed by atoms with Crippen molar-refractivity contribution in [2.24, 2.45) is 0 Å². The molecule has 1 unspecified atom stereocenters. The zero-order valence-electron chi connectivity index (χ0n) is 13.7. The molecular weight excluding hydrogens is 294 g/mol. The van der Waals surface area contributed by atoms with E-state index in [-0.39, 0.29) is 11.5 Å². The van der Waals surface area contributed by atoms with E-state index >= 15 is 0 Å². The molecule has 0 aromatic carbocycles. The molecule has 23 heavy (non-hydrogen) atoms. The summed E-state index contributed by atoms with van der Waals surface area (Å²) >= 11 is 0. The Labute approximate surface area is 134 Å². The third-order valence-electron chi connectivity index (χ3n) is 4.18. The van der Waals surface area contributed by atoms with Gasteiger partial charge in [-0.1, -0.05) is 0 Å². The number of rotatable bonds is 3. The normalized spacial score (nSPS) is 15.9. The van der Waals surface area contributed by atoms with Crippen LogP contribution in [-0.2, 0) is 4.79 Å². The Kier molecular flexibility index (Phi) is 4.02. The third-order valence-corrected chi connectivity index (χ3v) is 4.18. The van der Waals surface area contributed by atoms with Crippen LogP contribution in [0.25, 0.3) is 5.82 Å². The fourth-order valence-electron chi connectivity index (χ4n) is 2.97. The molecule has 0 spiro atoms. The third kappa shape index (κ3) is 2.91. The number of hydrogen-bond donors (Lipinski definition) is 0. The molecule has 1 amide bonds. The van der Waals surface area contributed by atoms with Crippen molar-refractivity contribution in [1.82, 2.24) is 24.5 Å². The first-order valence-electron chi connectivity index (χ1n) is 7.89. The smallest absolute Gasteiger partial charge is 0.267 e. The summed E-state index contributed by atoms with van der Waals surface area (Å²) < 4.78 is 2.94. The lowest BCUT2D eigenvalue weighted by Crippen LogP contribution is -2.39. The Morgan fingerprint density at radius 3 is 2.48 bits per heavy atom. The van der Waals surface area contributed by atoms with E-state index in [9.17, 15) is 9.59 Å². The lowest BCUT2D eigenvalue weighted by atomic mass is 10.3. The fraction of sp³-hybridized carbons (Fsp3) is 0.500. The van der Waals surface area contributed by atoms with E-state index in [4.69, 9.17) is 0 Å². The number of aromatic nitrogens is 4. The van der Waals surface area contributed by atoms with E-state index in [0.29, 0.717) is 5.82 Å². The van der Waals surface area contributed by atoms with Crippen LogP contribution in [0.5, 0.6) is 0 Å². The molecule has 2 aromatic rings. The minimum absolute atomic E-state index is 0.0531. The maximum Gasteiger partial charge on any atom is 0.267 e. The number of hydrogen-bond acceptors (Lipinski definition) is 4. The van der Waals surface area contributed by atoms with Crippen LogP contribution in [0.2, 0.25) is 0 Å². The average Bonchev–Trinajstić information content (AvgIpc) is 3.16. The van der Waals surface area contributed by atoms with Crippen molar-refractivity contribution in [3.05, 3.63) is 39.9 Å². The van der Waals surface area contributed by atoms with Crippen LogP contribution in [0, 0.1) is 13.8 Å². The Hall–Kier alpha value is -2.44. The summed E-state index contributed by atoms with van der Waals surface area (Å²) in [6.07, 6.45) is 2.04. The van der Waals surface area contributed by atoms with Crippen molar-refractivity contribution in [3.63, 3.8) is 0 Å². The van der Waals surface area contributed by atoms with Crippen LogP contribution in [0.1, 0.15) is 37.2 Å². The van der Waals surface area contributed by atoms with Gasteiger partial charge >= 0.3 is 0 Å². The van der Waals surface area contributed by atoms with Gasteiger partial charge in [-0.3, -0.25) is 9.59 Å². The molecule has 3 rings (SSSR count). The molecule has 1 saturated heterocycles. The van der Waals surface area contributed by atoms with Gasteiger partial charge in [-0.15, -0.1) is 5.10 Å². The Balaban J connectivity index is 1.96. The highest BCUT2D eigenvalue weighted by atomic mass is 16.2. The van der Waals surface area contributed by atoms with Crippen LogP contribution in [0.15, 0.2) is 23.0 Å². The second kappa shape index (κ2) is 5.98. The molecular formula is C16H21N5O2. The van der Waals surface area contributed by atoms with Crippen LogP contribution in [0.4, 0.5) is 0 Å². The Bertz CT molecular complexity index is 786. The number of carbonyl (C=O) groups excluding carboxylic acids is 1. The lowest BCUT2D eigenvalue weighted by Gasteiger charge is -2.21. The van der Waals surface area contributed by atoms with E-state index in [1.807, 2.05) is 19.9 Å². The van der Waals surface area contributed by atoms with Crippen molar-refractivity contribution < 1.29 is 4.79 Å². The summed E-state index contributed by atoms with van der Waals surface area (Å²) in [5, 5.41) is 8.74. The fourth-order valence-corrected chi connectivity index (χ4v) is 2.97. The second-order valence-corrected chi connectivity index (χ2v) is 6.02. The van der Waals surface area contributed by atoms with Crippen LogP contribution in [0.3, 0.4) is 0 Å². The summed E-state index contributed by atoms with van der Waals surface area (Å²) in [5.74, 6) is 0.485. The molecule has 7 nitrogen and oxygen atoms in total. The summed E-state index contributed by atoms with van der Waals surface area (Å²) in [7, 11) is 0. The van der Waals surface area contributed by atoms with Gasteiger partial charge in [-0.2, -0.15) is 5.10 Å². The highest BCUT2D eigenvalue weighted by molar-refractivity contribution is 5.80. The van der Waals surface area contributed by atoms with E-state index < -0.39 is 6.04 Å². The number of amides is 1. The molecule has 0 N–H and O–H groups in total. The molecule has 0 aliphatic carbocycles. The number of likely N-dealkylation sites (tertiary alicyclic amines) is 1. The van der Waals surface area contributed by atoms with Crippen molar-refractivity contribution in [2.45, 2.75) is 39.7 Å². The van der Waals surface area contributed by atoms with Gasteiger partial charge in [-0.05, 0) is 45.7 Å². The topological polar surface area (TPSA) is 73.0 Å². The van der Waals surface area contributed by atoms with E-state index in [0.717, 1.165) is 37.3 Å². The summed E-state index contributed by atoms with van der Waals surface area (Å²) in [4.78, 5) is 26.5. The van der Waals surface area contributed by atoms with Gasteiger partial charge in [0.2, 0.25) is 5.91 Å². The van der Waals surface area contributed by atoms with Crippen molar-refractivity contribution in [2.75, 3.05) is 13.1 Å². The second-order valence-electron chi connectivity index (χ2n) is 6.02. The molecule has 2 aromatic heterocycles. The molecule has 1 aliphatic heterocycles. The lowest BCUT2D eigenvalue weighted by molar-refractivity contribution is -0.133. The van der Waals surface area contributed by atoms with E-state index in [2.05, 4.69) is 10.2 Å². The average molecular weight is 315 g/mol. The quantitative estimate of drug-likeness (QED) is 0.854. The maximum atomic E-state index is 12.5. The van der Waals surface area contributed by atoms with Gasteiger partial charge in [0.25, 0.3) is 5.56 Å². The zero-order valence-corrected chi connectivity index (χ0v) is 13.7. The monoisotopic (exact) mass is 315 g/mol. The zero-order chi connectivity index (χ0) is 16.6.